The van der Waals surface area contributed by atoms with Crippen LogP contribution in [0.3, 0.4) is 0 Å². The van der Waals surface area contributed by atoms with Crippen molar-refractivity contribution in [2.75, 3.05) is 19.6 Å². The van der Waals surface area contributed by atoms with Gasteiger partial charge in [-0.05, 0) is 87.1 Å². The highest BCUT2D eigenvalue weighted by molar-refractivity contribution is 6.00. The van der Waals surface area contributed by atoms with Gasteiger partial charge in [-0.2, -0.15) is 5.26 Å². The van der Waals surface area contributed by atoms with Gasteiger partial charge in [0.15, 0.2) is 17.7 Å². The summed E-state index contributed by atoms with van der Waals surface area (Å²) in [6.45, 7) is 1.27. The topological polar surface area (TPSA) is 463 Å². The molecule has 0 unspecified atom stereocenters. The number of aromatic amines is 1. The molecule has 7 atom stereocenters. The first kappa shape index (κ1) is 60.7. The van der Waals surface area contributed by atoms with Crippen LogP contribution < -0.4 is 66.3 Å². The molecule has 26 nitrogen and oxygen atoms in total. The fraction of sp³-hybridized carbons (Fsp3) is 0.471. The highest BCUT2D eigenvalue weighted by Crippen LogP contribution is 2.26. The predicted molar refractivity (Wildman–Crippen MR) is 283 cm³/mol. The number of carbonyl (C=O) groups excluding carboxylic acids is 10. The molecule has 0 saturated carbocycles. The highest BCUT2D eigenvalue weighted by Gasteiger charge is 2.36. The lowest BCUT2D eigenvalue weighted by Gasteiger charge is -2.27. The van der Waals surface area contributed by atoms with Crippen LogP contribution in [0.4, 0.5) is 0 Å². The van der Waals surface area contributed by atoms with Gasteiger partial charge in [0, 0.05) is 68.3 Å². The largest absolute Gasteiger partial charge is 0.370 e. The van der Waals surface area contributed by atoms with Gasteiger partial charge in [0.1, 0.15) is 30.0 Å². The molecule has 19 N–H and O–H groups in total. The molecule has 4 rings (SSSR count). The maximum absolute atomic E-state index is 14.8. The molecule has 0 spiro atoms. The fourth-order valence-corrected chi connectivity index (χ4v) is 8.73. The Bertz CT molecular complexity index is 2710. The van der Waals surface area contributed by atoms with Crippen molar-refractivity contribution in [2.45, 2.75) is 121 Å². The molecule has 414 valence electrons. The molecule has 0 radical (unpaired) electrons. The van der Waals surface area contributed by atoms with Gasteiger partial charge in [-0.1, -0.05) is 30.3 Å². The molecule has 0 bridgehead atoms. The summed E-state index contributed by atoms with van der Waals surface area (Å²) >= 11 is 0. The lowest BCUT2D eigenvalue weighted by Crippen LogP contribution is -2.59. The minimum absolute atomic E-state index is 0.0182. The van der Waals surface area contributed by atoms with Crippen LogP contribution in [0.5, 0.6) is 0 Å². The molecule has 1 aromatic heterocycles. The standard InChI is InChI=1S/C51H70N16O10/c1-28(68)63-37(12-7-19-61-51(57)58)47(75)67-40-25-44(72)59-17-5-4-11-36(45(54)73)64-46(74)32(21-33-27-62-35-10-3-2-9-34(33)35)23-41(69)31(8-6-18-60-50(55)56)22-42(70)38(20-29-13-15-30(26-52)16-14-29)65-48(76)39(24-43(53)71)66-49(40)77/h2-3,9-10,13-16,27,31-32,36-40,62H,4-8,11-12,17-25H2,1H3,(H2,53,71)(H2,54,73)(H,59,72)(H,63,68)(H,64,74)(H,65,76)(H,66,77)(H,67,75)(H4,55,56,60)(H4,57,58,61)/t31-,32-,36+,37+,38-,39+,40+/m1/s1. The number of aromatic nitrogens is 1. The maximum Gasteiger partial charge on any atom is 0.243 e. The van der Waals surface area contributed by atoms with E-state index in [2.05, 4.69) is 46.9 Å². The SMILES string of the molecule is CC(=O)N[C@@H](CCCN=C(N)N)C(=O)N[C@H]1CC(=O)NCCCC[C@@H](C(N)=O)NC(=O)[C@H](Cc2c[nH]c3ccccc23)CC(=O)[C@H](CCCN=C(N)N)CC(=O)[C@@H](Cc2ccc(C#N)cc2)NC(=O)[C@H](CC(N)=O)NC1=O. The number of hydrogen-bond donors (Lipinski definition) is 13. The first-order valence-electron chi connectivity index (χ1n) is 25.2. The van der Waals surface area contributed by atoms with Gasteiger partial charge in [-0.15, -0.1) is 0 Å². The summed E-state index contributed by atoms with van der Waals surface area (Å²) in [5.41, 5.74) is 35.6. The number of fused-ring (bicyclic) bond motifs is 1. The molecule has 2 aromatic carbocycles. The molecule has 77 heavy (non-hydrogen) atoms. The van der Waals surface area contributed by atoms with Crippen LogP contribution >= 0.6 is 0 Å². The van der Waals surface area contributed by atoms with Crippen LogP contribution in [0.2, 0.25) is 0 Å². The second-order valence-corrected chi connectivity index (χ2v) is 18.8. The van der Waals surface area contributed by atoms with Crippen molar-refractivity contribution in [2.24, 2.45) is 56.2 Å². The van der Waals surface area contributed by atoms with Gasteiger partial charge in [0.2, 0.25) is 47.3 Å². The van der Waals surface area contributed by atoms with E-state index < -0.39 is 127 Å². The van der Waals surface area contributed by atoms with E-state index in [0.717, 1.165) is 17.8 Å². The van der Waals surface area contributed by atoms with Gasteiger partial charge in [-0.25, -0.2) is 0 Å². The van der Waals surface area contributed by atoms with E-state index in [1.807, 2.05) is 30.3 Å². The van der Waals surface area contributed by atoms with Crippen molar-refractivity contribution in [3.63, 3.8) is 0 Å². The van der Waals surface area contributed by atoms with Crippen LogP contribution in [-0.2, 0) is 60.8 Å². The number of nitriles is 1. The number of benzene rings is 2. The van der Waals surface area contributed by atoms with Crippen LogP contribution in [0, 0.1) is 23.2 Å². The summed E-state index contributed by atoms with van der Waals surface area (Å²) in [6, 6.07) is 7.87. The number of H-pyrrole nitrogens is 1. The van der Waals surface area contributed by atoms with Crippen LogP contribution in [0.25, 0.3) is 10.9 Å². The molecule has 2 heterocycles. The molecule has 1 aliphatic rings. The molecule has 8 amide bonds. The third-order valence-corrected chi connectivity index (χ3v) is 12.7. The molecular weight excluding hydrogens is 997 g/mol. The smallest absolute Gasteiger partial charge is 0.243 e. The predicted octanol–water partition coefficient (Wildman–Crippen LogP) is -2.42. The van der Waals surface area contributed by atoms with Crippen molar-refractivity contribution < 1.29 is 47.9 Å². The Balaban J connectivity index is 1.80. The average molecular weight is 1070 g/mol. The van der Waals surface area contributed by atoms with Gasteiger partial charge in [0.05, 0.1) is 30.5 Å². The number of aliphatic imine (C=N–C) groups is 2. The molecule has 3 aromatic rings. The number of rotatable bonds is 18. The number of ketones is 2. The van der Waals surface area contributed by atoms with Crippen molar-refractivity contribution in [1.29, 1.82) is 5.26 Å². The van der Waals surface area contributed by atoms with Crippen molar-refractivity contribution >= 4 is 81.6 Å². The Labute approximate surface area is 444 Å². The highest BCUT2D eigenvalue weighted by atomic mass is 16.2. The normalized spacial score (nSPS) is 20.9. The average Bonchev–Trinajstić information content (AvgIpc) is 3.78. The molecule has 1 fully saturated rings. The number of para-hydroxylation sites is 1. The summed E-state index contributed by atoms with van der Waals surface area (Å²) in [6.07, 6.45) is -0.116. The first-order valence-corrected chi connectivity index (χ1v) is 25.2. The van der Waals surface area contributed by atoms with Gasteiger partial charge < -0.3 is 71.3 Å². The number of nitrogens with one attached hydrogen (secondary N) is 7. The number of Topliss-reactive ketones (excluding diaryl/α,β-unsaturated/α-hetero) is 2. The summed E-state index contributed by atoms with van der Waals surface area (Å²) < 4.78 is 0. The van der Waals surface area contributed by atoms with Crippen molar-refractivity contribution in [3.8, 4) is 6.07 Å². The second-order valence-electron chi connectivity index (χ2n) is 18.8. The number of carbonyl (C=O) groups is 10. The van der Waals surface area contributed by atoms with E-state index in [0.29, 0.717) is 11.1 Å². The Kier molecular flexibility index (Phi) is 24.0. The molecule has 1 aliphatic heterocycles. The summed E-state index contributed by atoms with van der Waals surface area (Å²) in [5.74, 6) is -11.0. The fourth-order valence-electron chi connectivity index (χ4n) is 8.73. The zero-order chi connectivity index (χ0) is 56.6. The van der Waals surface area contributed by atoms with E-state index in [-0.39, 0.29) is 94.9 Å². The maximum atomic E-state index is 14.8. The van der Waals surface area contributed by atoms with E-state index >= 15 is 0 Å². The lowest BCUT2D eigenvalue weighted by molar-refractivity contribution is -0.137. The quantitative estimate of drug-likeness (QED) is 0.0358. The lowest BCUT2D eigenvalue weighted by atomic mass is 9.83. The van der Waals surface area contributed by atoms with Gasteiger partial charge >= 0.3 is 0 Å². The minimum Gasteiger partial charge on any atom is -0.370 e. The Morgan fingerprint density at radius 3 is 2.06 bits per heavy atom. The number of nitrogens with zero attached hydrogens (tertiary/aromatic N) is 3. The third kappa shape index (κ3) is 20.7. The van der Waals surface area contributed by atoms with Crippen molar-refractivity contribution in [1.82, 2.24) is 36.9 Å². The van der Waals surface area contributed by atoms with Crippen LogP contribution in [-0.4, -0.2) is 126 Å². The molecular formula is C51H70N16O10. The van der Waals surface area contributed by atoms with Gasteiger partial charge in [-0.3, -0.25) is 57.9 Å². The molecule has 0 aliphatic carbocycles. The number of hydrogen-bond acceptors (Lipinski definition) is 13. The monoisotopic (exact) mass is 1070 g/mol. The van der Waals surface area contributed by atoms with Crippen LogP contribution in [0.1, 0.15) is 94.2 Å². The second kappa shape index (κ2) is 30.5. The Morgan fingerprint density at radius 2 is 1.42 bits per heavy atom. The Hall–Kier alpha value is -8.89. The zero-order valence-electron chi connectivity index (χ0n) is 42.9. The number of guanidine groups is 2. The summed E-state index contributed by atoms with van der Waals surface area (Å²) in [5, 5.41) is 25.5. The number of primary amides is 2. The summed E-state index contributed by atoms with van der Waals surface area (Å²) in [7, 11) is 0. The first-order chi connectivity index (χ1) is 36.6. The molecule has 1 saturated heterocycles. The third-order valence-electron chi connectivity index (χ3n) is 12.7. The van der Waals surface area contributed by atoms with E-state index in [1.165, 1.54) is 12.1 Å². The van der Waals surface area contributed by atoms with Crippen molar-refractivity contribution in [3.05, 3.63) is 71.4 Å². The molecule has 26 heteroatoms. The minimum atomic E-state index is -1.81. The van der Waals surface area contributed by atoms with Gasteiger partial charge in [0.25, 0.3) is 0 Å². The van der Waals surface area contributed by atoms with E-state index in [4.69, 9.17) is 34.4 Å². The zero-order valence-corrected chi connectivity index (χ0v) is 42.9. The van der Waals surface area contributed by atoms with Crippen LogP contribution in [0.15, 0.2) is 64.7 Å². The van der Waals surface area contributed by atoms with E-state index in [1.54, 1.807) is 18.3 Å². The number of amides is 8. The summed E-state index contributed by atoms with van der Waals surface area (Å²) in [4.78, 5) is 148. The number of nitrogens with two attached hydrogens (primary N) is 6. The Morgan fingerprint density at radius 1 is 0.753 bits per heavy atom. The van der Waals surface area contributed by atoms with E-state index in [9.17, 15) is 53.2 Å².